The first-order valence-electron chi connectivity index (χ1n) is 6.27. The van der Waals surface area contributed by atoms with Gasteiger partial charge in [-0.25, -0.2) is 13.2 Å². The van der Waals surface area contributed by atoms with Gasteiger partial charge in [0.15, 0.2) is 0 Å². The van der Waals surface area contributed by atoms with E-state index in [0.29, 0.717) is 3.57 Å². The van der Waals surface area contributed by atoms with Crippen molar-refractivity contribution < 1.29 is 23.1 Å². The molecule has 1 rings (SSSR count). The lowest BCUT2D eigenvalue weighted by Crippen LogP contribution is -2.31. The first-order chi connectivity index (χ1) is 9.66. The molecule has 0 aliphatic heterocycles. The van der Waals surface area contributed by atoms with Crippen LogP contribution in [0.3, 0.4) is 0 Å². The van der Waals surface area contributed by atoms with Crippen LogP contribution < -0.4 is 0 Å². The first kappa shape index (κ1) is 18.3. The summed E-state index contributed by atoms with van der Waals surface area (Å²) in [5.41, 5.74) is -0.0245. The second-order valence-electron chi connectivity index (χ2n) is 4.69. The molecular weight excluding hydrogens is 409 g/mol. The number of benzene rings is 1. The minimum absolute atomic E-state index is 0.0245. The SMILES string of the molecule is CC(C)OCCN(C)S(=O)(=O)c1ccc(I)c(C(=O)O)c1. The van der Waals surface area contributed by atoms with Crippen LogP contribution >= 0.6 is 22.6 Å². The number of hydrogen-bond acceptors (Lipinski definition) is 4. The minimum Gasteiger partial charge on any atom is -0.478 e. The van der Waals surface area contributed by atoms with Gasteiger partial charge in [-0.2, -0.15) is 4.31 Å². The predicted molar refractivity (Wildman–Crippen MR) is 87.0 cm³/mol. The zero-order chi connectivity index (χ0) is 16.2. The van der Waals surface area contributed by atoms with E-state index in [0.717, 1.165) is 4.31 Å². The normalized spacial score (nSPS) is 12.1. The Morgan fingerprint density at radius 2 is 2.05 bits per heavy atom. The maximum atomic E-state index is 12.4. The second-order valence-corrected chi connectivity index (χ2v) is 7.90. The molecule has 118 valence electrons. The molecule has 0 amide bonds. The Morgan fingerprint density at radius 1 is 1.43 bits per heavy atom. The molecule has 1 aromatic rings. The number of sulfonamides is 1. The summed E-state index contributed by atoms with van der Waals surface area (Å²) in [5.74, 6) is -1.15. The van der Waals surface area contributed by atoms with Gasteiger partial charge in [-0.05, 0) is 54.6 Å². The number of likely N-dealkylation sites (N-methyl/N-ethyl adjacent to an activating group) is 1. The molecule has 0 saturated carbocycles. The highest BCUT2D eigenvalue weighted by molar-refractivity contribution is 14.1. The molecule has 0 unspecified atom stereocenters. The van der Waals surface area contributed by atoms with Crippen LogP contribution in [0.1, 0.15) is 24.2 Å². The monoisotopic (exact) mass is 427 g/mol. The molecule has 8 heteroatoms. The Bertz CT molecular complexity index is 615. The molecule has 0 atom stereocenters. The molecule has 0 saturated heterocycles. The molecular formula is C13H18INO5S. The molecule has 0 bridgehead atoms. The maximum Gasteiger partial charge on any atom is 0.336 e. The van der Waals surface area contributed by atoms with Gasteiger partial charge in [-0.15, -0.1) is 0 Å². The van der Waals surface area contributed by atoms with Gasteiger partial charge in [-0.3, -0.25) is 0 Å². The number of ether oxygens (including phenoxy) is 1. The zero-order valence-electron chi connectivity index (χ0n) is 12.0. The first-order valence-corrected chi connectivity index (χ1v) is 8.79. The smallest absolute Gasteiger partial charge is 0.336 e. The van der Waals surface area contributed by atoms with E-state index in [9.17, 15) is 13.2 Å². The second kappa shape index (κ2) is 7.52. The number of rotatable bonds is 7. The molecule has 1 aromatic carbocycles. The van der Waals surface area contributed by atoms with Crippen molar-refractivity contribution in [3.05, 3.63) is 27.3 Å². The van der Waals surface area contributed by atoms with Crippen LogP contribution in [-0.2, 0) is 14.8 Å². The Labute approximate surface area is 138 Å². The molecule has 0 fully saturated rings. The van der Waals surface area contributed by atoms with E-state index in [1.54, 1.807) is 0 Å². The summed E-state index contributed by atoms with van der Waals surface area (Å²) in [6.07, 6.45) is 0.0259. The summed E-state index contributed by atoms with van der Waals surface area (Å²) in [7, 11) is -2.28. The Balaban J connectivity index is 2.97. The van der Waals surface area contributed by atoms with Gasteiger partial charge < -0.3 is 9.84 Å². The van der Waals surface area contributed by atoms with E-state index in [2.05, 4.69) is 0 Å². The lowest BCUT2D eigenvalue weighted by atomic mass is 10.2. The molecule has 0 radical (unpaired) electrons. The van der Waals surface area contributed by atoms with Gasteiger partial charge in [0.2, 0.25) is 10.0 Å². The van der Waals surface area contributed by atoms with E-state index in [1.807, 2.05) is 36.4 Å². The summed E-state index contributed by atoms with van der Waals surface area (Å²) in [6, 6.07) is 4.07. The van der Waals surface area contributed by atoms with E-state index < -0.39 is 16.0 Å². The number of carbonyl (C=O) groups is 1. The molecule has 0 aromatic heterocycles. The topological polar surface area (TPSA) is 83.9 Å². The molecule has 0 spiro atoms. The number of carboxylic acid groups (broad SMARTS) is 1. The highest BCUT2D eigenvalue weighted by Gasteiger charge is 2.22. The number of carboxylic acids is 1. The Kier molecular flexibility index (Phi) is 6.57. The summed E-state index contributed by atoms with van der Waals surface area (Å²) < 4.78 is 31.7. The number of aromatic carboxylic acids is 1. The van der Waals surface area contributed by atoms with Gasteiger partial charge in [0.25, 0.3) is 0 Å². The third kappa shape index (κ3) is 4.90. The predicted octanol–water partition coefficient (Wildman–Crippen LogP) is 2.03. The standard InChI is InChI=1S/C13H18INO5S/c1-9(2)20-7-6-15(3)21(18,19)10-4-5-12(14)11(8-10)13(16)17/h4-5,8-9H,6-7H2,1-3H3,(H,16,17). The maximum absolute atomic E-state index is 12.4. The van der Waals surface area contributed by atoms with Crippen molar-refractivity contribution in [1.29, 1.82) is 0 Å². The molecule has 0 aliphatic carbocycles. The fourth-order valence-electron chi connectivity index (χ4n) is 1.55. The molecule has 0 aliphatic rings. The fraction of sp³-hybridized carbons (Fsp3) is 0.462. The quantitative estimate of drug-likeness (QED) is 0.674. The van der Waals surface area contributed by atoms with E-state index in [-0.39, 0.29) is 29.7 Å². The van der Waals surface area contributed by atoms with Crippen molar-refractivity contribution in [3.63, 3.8) is 0 Å². The van der Waals surface area contributed by atoms with Crippen molar-refractivity contribution in [2.45, 2.75) is 24.8 Å². The van der Waals surface area contributed by atoms with Gasteiger partial charge in [0.1, 0.15) is 0 Å². The zero-order valence-corrected chi connectivity index (χ0v) is 15.0. The number of nitrogens with zero attached hydrogens (tertiary/aromatic N) is 1. The van der Waals surface area contributed by atoms with Gasteiger partial charge in [0, 0.05) is 17.2 Å². The summed E-state index contributed by atoms with van der Waals surface area (Å²) in [4.78, 5) is 11.0. The van der Waals surface area contributed by atoms with Gasteiger partial charge in [0.05, 0.1) is 23.2 Å². The molecule has 1 N–H and O–H groups in total. The van der Waals surface area contributed by atoms with Crippen LogP contribution in [0, 0.1) is 3.57 Å². The third-order valence-corrected chi connectivity index (χ3v) is 5.53. The van der Waals surface area contributed by atoms with E-state index >= 15 is 0 Å². The lowest BCUT2D eigenvalue weighted by molar-refractivity contribution is 0.0694. The van der Waals surface area contributed by atoms with Crippen LogP contribution in [0.4, 0.5) is 0 Å². The van der Waals surface area contributed by atoms with Gasteiger partial charge in [-0.1, -0.05) is 0 Å². The van der Waals surface area contributed by atoms with Crippen LogP contribution in [-0.4, -0.2) is 50.1 Å². The van der Waals surface area contributed by atoms with Crippen molar-refractivity contribution in [1.82, 2.24) is 4.31 Å². The lowest BCUT2D eigenvalue weighted by Gasteiger charge is -2.18. The highest BCUT2D eigenvalue weighted by atomic mass is 127. The average Bonchev–Trinajstić information content (AvgIpc) is 2.37. The van der Waals surface area contributed by atoms with Crippen molar-refractivity contribution in [3.8, 4) is 0 Å². The number of hydrogen-bond donors (Lipinski definition) is 1. The third-order valence-electron chi connectivity index (χ3n) is 2.73. The fourth-order valence-corrected chi connectivity index (χ4v) is 3.29. The average molecular weight is 427 g/mol. The molecule has 6 nitrogen and oxygen atoms in total. The summed E-state index contributed by atoms with van der Waals surface area (Å²) >= 11 is 1.86. The van der Waals surface area contributed by atoms with Crippen LogP contribution in [0.2, 0.25) is 0 Å². The van der Waals surface area contributed by atoms with Crippen molar-refractivity contribution >= 4 is 38.6 Å². The molecule has 21 heavy (non-hydrogen) atoms. The Hall–Kier alpha value is -0.710. The van der Waals surface area contributed by atoms with Crippen LogP contribution in [0.25, 0.3) is 0 Å². The van der Waals surface area contributed by atoms with Crippen LogP contribution in [0.5, 0.6) is 0 Å². The van der Waals surface area contributed by atoms with Crippen LogP contribution in [0.15, 0.2) is 23.1 Å². The summed E-state index contributed by atoms with van der Waals surface area (Å²) in [5, 5.41) is 9.06. The largest absolute Gasteiger partial charge is 0.478 e. The van der Waals surface area contributed by atoms with Gasteiger partial charge >= 0.3 is 5.97 Å². The van der Waals surface area contributed by atoms with E-state index in [1.165, 1.54) is 25.2 Å². The Morgan fingerprint density at radius 3 is 2.57 bits per heavy atom. The minimum atomic E-state index is -3.72. The highest BCUT2D eigenvalue weighted by Crippen LogP contribution is 2.20. The van der Waals surface area contributed by atoms with Crippen molar-refractivity contribution in [2.75, 3.05) is 20.2 Å². The number of halogens is 1. The summed E-state index contributed by atoms with van der Waals surface area (Å²) in [6.45, 7) is 4.22. The molecule has 0 heterocycles. The van der Waals surface area contributed by atoms with Crippen molar-refractivity contribution in [2.24, 2.45) is 0 Å². The van der Waals surface area contributed by atoms with E-state index in [4.69, 9.17) is 9.84 Å².